The molecule has 0 aliphatic carbocycles. The van der Waals surface area contributed by atoms with Gasteiger partial charge in [0, 0.05) is 12.1 Å². The van der Waals surface area contributed by atoms with E-state index in [1.54, 1.807) is 12.1 Å². The summed E-state index contributed by atoms with van der Waals surface area (Å²) >= 11 is 0. The van der Waals surface area contributed by atoms with E-state index in [0.717, 1.165) is 5.56 Å². The lowest BCUT2D eigenvalue weighted by atomic mass is 10.2. The first-order valence-corrected chi connectivity index (χ1v) is 8.26. The maximum Gasteiger partial charge on any atom is 0.325 e. The van der Waals surface area contributed by atoms with Crippen LogP contribution in [-0.2, 0) is 20.9 Å². The normalized spacial score (nSPS) is 11.6. The van der Waals surface area contributed by atoms with Gasteiger partial charge in [-0.05, 0) is 23.8 Å². The van der Waals surface area contributed by atoms with Crippen LogP contribution in [0.5, 0.6) is 11.5 Å². The molecule has 0 unspecified atom stereocenters. The highest BCUT2D eigenvalue weighted by Crippen LogP contribution is 2.32. The van der Waals surface area contributed by atoms with Crippen molar-refractivity contribution in [2.24, 2.45) is 0 Å². The third kappa shape index (κ3) is 5.21. The molecule has 3 rings (SSSR count). The van der Waals surface area contributed by atoms with Crippen molar-refractivity contribution in [3.05, 3.63) is 59.7 Å². The standard InChI is InChI=1S/C19H18N2O6/c22-17(20-9-13-4-2-1-3-5-13)11-25-18(23)10-21-19(24)14-6-7-15-16(8-14)27-12-26-15/h1-8H,9-12H2,(H,20,22)(H,21,24). The second kappa shape index (κ2) is 8.70. The smallest absolute Gasteiger partial charge is 0.325 e. The molecule has 2 aromatic rings. The van der Waals surface area contributed by atoms with Crippen molar-refractivity contribution < 1.29 is 28.6 Å². The number of rotatable bonds is 7. The van der Waals surface area contributed by atoms with E-state index in [1.165, 1.54) is 6.07 Å². The fourth-order valence-electron chi connectivity index (χ4n) is 2.34. The molecule has 27 heavy (non-hydrogen) atoms. The Labute approximate surface area is 155 Å². The predicted molar refractivity (Wildman–Crippen MR) is 94.1 cm³/mol. The molecule has 2 N–H and O–H groups in total. The molecule has 1 aliphatic rings. The number of hydrogen-bond acceptors (Lipinski definition) is 6. The molecular weight excluding hydrogens is 352 g/mol. The lowest BCUT2D eigenvalue weighted by Crippen LogP contribution is -2.33. The van der Waals surface area contributed by atoms with E-state index in [2.05, 4.69) is 10.6 Å². The Hall–Kier alpha value is -3.55. The second-order valence-electron chi connectivity index (χ2n) is 5.67. The number of amides is 2. The number of esters is 1. The second-order valence-corrected chi connectivity index (χ2v) is 5.67. The van der Waals surface area contributed by atoms with Gasteiger partial charge in [0.25, 0.3) is 11.8 Å². The molecule has 2 aromatic carbocycles. The summed E-state index contributed by atoms with van der Waals surface area (Å²) in [5, 5.41) is 5.07. The number of carbonyl (C=O) groups is 3. The van der Waals surface area contributed by atoms with Crippen molar-refractivity contribution in [1.29, 1.82) is 0 Å². The van der Waals surface area contributed by atoms with Crippen LogP contribution in [0.1, 0.15) is 15.9 Å². The minimum absolute atomic E-state index is 0.110. The van der Waals surface area contributed by atoms with Gasteiger partial charge < -0.3 is 24.8 Å². The van der Waals surface area contributed by atoms with Gasteiger partial charge in [0.2, 0.25) is 6.79 Å². The van der Waals surface area contributed by atoms with Crippen LogP contribution >= 0.6 is 0 Å². The fraction of sp³-hybridized carbons (Fsp3) is 0.211. The van der Waals surface area contributed by atoms with Crippen LogP contribution in [0.15, 0.2) is 48.5 Å². The summed E-state index contributed by atoms with van der Waals surface area (Å²) in [5.41, 5.74) is 1.26. The van der Waals surface area contributed by atoms with E-state index in [-0.39, 0.29) is 13.3 Å². The molecule has 0 bridgehead atoms. The van der Waals surface area contributed by atoms with Crippen LogP contribution < -0.4 is 20.1 Å². The topological polar surface area (TPSA) is 103 Å². The van der Waals surface area contributed by atoms with Gasteiger partial charge in [-0.15, -0.1) is 0 Å². The Morgan fingerprint density at radius 2 is 1.74 bits per heavy atom. The molecule has 1 aliphatic heterocycles. The summed E-state index contributed by atoms with van der Waals surface area (Å²) in [5.74, 6) is -0.556. The van der Waals surface area contributed by atoms with Gasteiger partial charge in [-0.3, -0.25) is 14.4 Å². The third-order valence-corrected chi connectivity index (χ3v) is 3.72. The lowest BCUT2D eigenvalue weighted by molar-refractivity contribution is -0.147. The van der Waals surface area contributed by atoms with E-state index >= 15 is 0 Å². The van der Waals surface area contributed by atoms with Gasteiger partial charge in [-0.1, -0.05) is 30.3 Å². The van der Waals surface area contributed by atoms with E-state index in [0.29, 0.717) is 23.6 Å². The highest BCUT2D eigenvalue weighted by molar-refractivity contribution is 5.96. The molecule has 0 fully saturated rings. The Balaban J connectivity index is 1.36. The summed E-state index contributed by atoms with van der Waals surface area (Å²) in [7, 11) is 0. The van der Waals surface area contributed by atoms with Crippen molar-refractivity contribution in [1.82, 2.24) is 10.6 Å². The molecular formula is C19H18N2O6. The molecule has 0 radical (unpaired) electrons. The van der Waals surface area contributed by atoms with Gasteiger partial charge in [0.15, 0.2) is 18.1 Å². The predicted octanol–water partition coefficient (Wildman–Crippen LogP) is 1.00. The first-order chi connectivity index (χ1) is 13.1. The highest BCUT2D eigenvalue weighted by atomic mass is 16.7. The first kappa shape index (κ1) is 18.2. The van der Waals surface area contributed by atoms with Gasteiger partial charge in [0.05, 0.1) is 0 Å². The number of hydrogen-bond donors (Lipinski definition) is 2. The number of ether oxygens (including phenoxy) is 3. The van der Waals surface area contributed by atoms with Gasteiger partial charge in [-0.2, -0.15) is 0 Å². The summed E-state index contributed by atoms with van der Waals surface area (Å²) in [6.07, 6.45) is 0. The minimum Gasteiger partial charge on any atom is -0.454 e. The van der Waals surface area contributed by atoms with E-state index < -0.39 is 24.4 Å². The minimum atomic E-state index is -0.709. The fourth-order valence-corrected chi connectivity index (χ4v) is 2.34. The van der Waals surface area contributed by atoms with E-state index in [1.807, 2.05) is 30.3 Å². The third-order valence-electron chi connectivity index (χ3n) is 3.72. The van der Waals surface area contributed by atoms with Crippen molar-refractivity contribution in [2.75, 3.05) is 19.9 Å². The number of carbonyl (C=O) groups excluding carboxylic acids is 3. The molecule has 0 spiro atoms. The molecule has 8 heteroatoms. The molecule has 0 atom stereocenters. The van der Waals surface area contributed by atoms with Crippen LogP contribution in [0.2, 0.25) is 0 Å². The van der Waals surface area contributed by atoms with Gasteiger partial charge >= 0.3 is 5.97 Å². The molecule has 1 heterocycles. The zero-order valence-electron chi connectivity index (χ0n) is 14.4. The van der Waals surface area contributed by atoms with Gasteiger partial charge in [-0.25, -0.2) is 0 Å². The van der Waals surface area contributed by atoms with Crippen LogP contribution in [0, 0.1) is 0 Å². The monoisotopic (exact) mass is 370 g/mol. The summed E-state index contributed by atoms with van der Waals surface area (Å²) in [6, 6.07) is 14.1. The summed E-state index contributed by atoms with van der Waals surface area (Å²) in [4.78, 5) is 35.4. The molecule has 2 amide bonds. The molecule has 0 saturated heterocycles. The SMILES string of the molecule is O=C(COC(=O)CNC(=O)c1ccc2c(c1)OCO2)NCc1ccccc1. The molecule has 8 nitrogen and oxygen atoms in total. The number of benzene rings is 2. The van der Waals surface area contributed by atoms with E-state index in [9.17, 15) is 14.4 Å². The number of nitrogens with one attached hydrogen (secondary N) is 2. The first-order valence-electron chi connectivity index (χ1n) is 8.26. The largest absolute Gasteiger partial charge is 0.454 e. The molecule has 0 saturated carbocycles. The Morgan fingerprint density at radius 1 is 0.963 bits per heavy atom. The Kier molecular flexibility index (Phi) is 5.88. The molecule has 0 aromatic heterocycles. The lowest BCUT2D eigenvalue weighted by Gasteiger charge is -2.08. The summed E-state index contributed by atoms with van der Waals surface area (Å²) in [6.45, 7) is -0.304. The highest BCUT2D eigenvalue weighted by Gasteiger charge is 2.17. The average Bonchev–Trinajstić information content (AvgIpc) is 3.17. The maximum atomic E-state index is 12.1. The van der Waals surface area contributed by atoms with Crippen molar-refractivity contribution in [3.8, 4) is 11.5 Å². The Morgan fingerprint density at radius 3 is 2.56 bits per heavy atom. The van der Waals surface area contributed by atoms with Crippen molar-refractivity contribution in [2.45, 2.75) is 6.54 Å². The zero-order chi connectivity index (χ0) is 19.1. The van der Waals surface area contributed by atoms with Crippen molar-refractivity contribution >= 4 is 17.8 Å². The average molecular weight is 370 g/mol. The van der Waals surface area contributed by atoms with E-state index in [4.69, 9.17) is 14.2 Å². The van der Waals surface area contributed by atoms with Crippen LogP contribution in [0.3, 0.4) is 0 Å². The Bertz CT molecular complexity index is 837. The van der Waals surface area contributed by atoms with Crippen LogP contribution in [0.25, 0.3) is 0 Å². The van der Waals surface area contributed by atoms with Crippen LogP contribution in [-0.4, -0.2) is 37.7 Å². The maximum absolute atomic E-state index is 12.1. The summed E-state index contributed by atoms with van der Waals surface area (Å²) < 4.78 is 15.2. The van der Waals surface area contributed by atoms with Crippen molar-refractivity contribution in [3.63, 3.8) is 0 Å². The quantitative estimate of drug-likeness (QED) is 0.705. The number of fused-ring (bicyclic) bond motifs is 1. The zero-order valence-corrected chi connectivity index (χ0v) is 14.4. The molecule has 140 valence electrons. The van der Waals surface area contributed by atoms with Crippen LogP contribution in [0.4, 0.5) is 0 Å². The van der Waals surface area contributed by atoms with Gasteiger partial charge in [0.1, 0.15) is 6.54 Å².